The summed E-state index contributed by atoms with van der Waals surface area (Å²) >= 11 is 0. The van der Waals surface area contributed by atoms with Gasteiger partial charge >= 0.3 is 5.97 Å². The molecule has 20 heavy (non-hydrogen) atoms. The summed E-state index contributed by atoms with van der Waals surface area (Å²) in [7, 11) is 0. The number of allylic oxidation sites excluding steroid dienone is 1. The van der Waals surface area contributed by atoms with Crippen LogP contribution in [0.15, 0.2) is 66.2 Å². The average molecular weight is 262 g/mol. The first-order valence-corrected chi connectivity index (χ1v) is 6.53. The molecule has 0 aromatic heterocycles. The van der Waals surface area contributed by atoms with E-state index in [1.807, 2.05) is 66.7 Å². The van der Waals surface area contributed by atoms with Crippen LogP contribution in [0.25, 0.3) is 12.2 Å². The molecular weight excluding hydrogens is 248 g/mol. The molecular formula is C18H14O2. The fraction of sp³-hybridized carbons (Fsp3) is 0.0556. The number of hydrogen-bond acceptors (Lipinski definition) is 1. The van der Waals surface area contributed by atoms with Crippen molar-refractivity contribution in [2.24, 2.45) is 0 Å². The van der Waals surface area contributed by atoms with E-state index in [1.165, 1.54) is 0 Å². The molecule has 0 bridgehead atoms. The average Bonchev–Trinajstić information content (AvgIpc) is 2.89. The van der Waals surface area contributed by atoms with Crippen molar-refractivity contribution in [2.75, 3.05) is 0 Å². The maximum Gasteiger partial charge on any atom is 0.332 e. The molecule has 1 aliphatic carbocycles. The maximum atomic E-state index is 11.6. The first kappa shape index (κ1) is 12.4. The Morgan fingerprint density at radius 1 is 1.00 bits per heavy atom. The van der Waals surface area contributed by atoms with Gasteiger partial charge in [-0.25, -0.2) is 4.79 Å². The summed E-state index contributed by atoms with van der Waals surface area (Å²) in [6.07, 6.45) is 5.69. The van der Waals surface area contributed by atoms with E-state index in [-0.39, 0.29) is 5.92 Å². The Morgan fingerprint density at radius 2 is 1.70 bits per heavy atom. The van der Waals surface area contributed by atoms with Crippen LogP contribution in [-0.2, 0) is 4.79 Å². The Labute approximate surface area is 117 Å². The van der Waals surface area contributed by atoms with E-state index < -0.39 is 5.97 Å². The molecule has 1 N–H and O–H groups in total. The van der Waals surface area contributed by atoms with E-state index >= 15 is 0 Å². The Kier molecular flexibility index (Phi) is 3.21. The van der Waals surface area contributed by atoms with Gasteiger partial charge in [0, 0.05) is 11.5 Å². The standard InChI is InChI=1S/C18H14O2/c19-18(20)17(12-13-6-2-1-3-7-13)16-11-10-14-8-4-5-9-15(14)16/h1-12,16H,(H,19,20)/b17-12+. The van der Waals surface area contributed by atoms with Crippen molar-refractivity contribution in [3.63, 3.8) is 0 Å². The molecule has 2 aromatic carbocycles. The van der Waals surface area contributed by atoms with Crippen molar-refractivity contribution in [2.45, 2.75) is 5.92 Å². The number of fused-ring (bicyclic) bond motifs is 1. The lowest BCUT2D eigenvalue weighted by atomic mass is 9.91. The molecule has 0 saturated carbocycles. The summed E-state index contributed by atoms with van der Waals surface area (Å²) in [5.41, 5.74) is 3.45. The lowest BCUT2D eigenvalue weighted by Gasteiger charge is -2.12. The third-order valence-electron chi connectivity index (χ3n) is 3.50. The second-order valence-electron chi connectivity index (χ2n) is 4.78. The van der Waals surface area contributed by atoms with E-state index in [4.69, 9.17) is 0 Å². The third kappa shape index (κ3) is 2.28. The topological polar surface area (TPSA) is 37.3 Å². The van der Waals surface area contributed by atoms with Crippen LogP contribution in [0.5, 0.6) is 0 Å². The first-order chi connectivity index (χ1) is 9.75. The van der Waals surface area contributed by atoms with Crippen molar-refractivity contribution < 1.29 is 9.90 Å². The van der Waals surface area contributed by atoms with Crippen molar-refractivity contribution in [3.8, 4) is 0 Å². The molecule has 1 unspecified atom stereocenters. The predicted molar refractivity (Wildman–Crippen MR) is 80.3 cm³/mol. The number of carboxylic acids is 1. The van der Waals surface area contributed by atoms with Crippen LogP contribution >= 0.6 is 0 Å². The van der Waals surface area contributed by atoms with E-state index in [0.717, 1.165) is 16.7 Å². The molecule has 3 rings (SSSR count). The third-order valence-corrected chi connectivity index (χ3v) is 3.50. The van der Waals surface area contributed by atoms with E-state index in [1.54, 1.807) is 6.08 Å². The summed E-state index contributed by atoms with van der Waals surface area (Å²) in [6.45, 7) is 0. The molecule has 1 atom stereocenters. The molecule has 2 heteroatoms. The van der Waals surface area contributed by atoms with E-state index in [9.17, 15) is 9.90 Å². The summed E-state index contributed by atoms with van der Waals surface area (Å²) in [5.74, 6) is -1.05. The van der Waals surface area contributed by atoms with Crippen molar-refractivity contribution >= 4 is 18.1 Å². The summed E-state index contributed by atoms with van der Waals surface area (Å²) < 4.78 is 0. The molecule has 0 fully saturated rings. The van der Waals surface area contributed by atoms with Gasteiger partial charge in [-0.15, -0.1) is 0 Å². The van der Waals surface area contributed by atoms with Crippen molar-refractivity contribution in [3.05, 3.63) is 82.9 Å². The second-order valence-corrected chi connectivity index (χ2v) is 4.78. The number of hydrogen-bond donors (Lipinski definition) is 1. The number of benzene rings is 2. The Bertz CT molecular complexity index is 696. The minimum absolute atomic E-state index is 0.177. The Hall–Kier alpha value is -2.61. The van der Waals surface area contributed by atoms with Crippen LogP contribution in [-0.4, -0.2) is 11.1 Å². The van der Waals surface area contributed by atoms with Gasteiger partial charge in [0.25, 0.3) is 0 Å². The van der Waals surface area contributed by atoms with Gasteiger partial charge in [0.2, 0.25) is 0 Å². The molecule has 0 spiro atoms. The van der Waals surface area contributed by atoms with E-state index in [2.05, 4.69) is 0 Å². The molecule has 0 amide bonds. The highest BCUT2D eigenvalue weighted by Crippen LogP contribution is 2.36. The minimum atomic E-state index is -0.875. The summed E-state index contributed by atoms with van der Waals surface area (Å²) in [5, 5.41) is 9.52. The fourth-order valence-corrected chi connectivity index (χ4v) is 2.53. The predicted octanol–water partition coefficient (Wildman–Crippen LogP) is 3.97. The van der Waals surface area contributed by atoms with Crippen LogP contribution < -0.4 is 0 Å². The van der Waals surface area contributed by atoms with Gasteiger partial charge in [-0.1, -0.05) is 66.7 Å². The van der Waals surface area contributed by atoms with Gasteiger partial charge in [0.1, 0.15) is 0 Å². The molecule has 1 aliphatic rings. The molecule has 2 aromatic rings. The lowest BCUT2D eigenvalue weighted by Crippen LogP contribution is -2.08. The largest absolute Gasteiger partial charge is 0.478 e. The highest BCUT2D eigenvalue weighted by atomic mass is 16.4. The zero-order valence-corrected chi connectivity index (χ0v) is 10.9. The summed E-state index contributed by atoms with van der Waals surface area (Å²) in [4.78, 5) is 11.6. The van der Waals surface area contributed by atoms with Crippen LogP contribution in [0.3, 0.4) is 0 Å². The van der Waals surface area contributed by atoms with Crippen LogP contribution in [0, 0.1) is 0 Å². The van der Waals surface area contributed by atoms with Gasteiger partial charge < -0.3 is 5.11 Å². The van der Waals surface area contributed by atoms with Gasteiger partial charge in [-0.3, -0.25) is 0 Å². The van der Waals surface area contributed by atoms with Crippen LogP contribution in [0.2, 0.25) is 0 Å². The van der Waals surface area contributed by atoms with E-state index in [0.29, 0.717) is 5.57 Å². The molecule has 0 saturated heterocycles. The minimum Gasteiger partial charge on any atom is -0.478 e. The van der Waals surface area contributed by atoms with Crippen LogP contribution in [0.4, 0.5) is 0 Å². The fourth-order valence-electron chi connectivity index (χ4n) is 2.53. The van der Waals surface area contributed by atoms with Crippen molar-refractivity contribution in [1.29, 1.82) is 0 Å². The summed E-state index contributed by atoms with van der Waals surface area (Å²) in [6, 6.07) is 17.5. The van der Waals surface area contributed by atoms with Gasteiger partial charge in [-0.05, 0) is 22.8 Å². The monoisotopic (exact) mass is 262 g/mol. The number of aliphatic carboxylic acids is 1. The van der Waals surface area contributed by atoms with Gasteiger partial charge in [-0.2, -0.15) is 0 Å². The highest BCUT2D eigenvalue weighted by Gasteiger charge is 2.24. The quantitative estimate of drug-likeness (QED) is 0.850. The van der Waals surface area contributed by atoms with Gasteiger partial charge in [0.15, 0.2) is 0 Å². The van der Waals surface area contributed by atoms with Gasteiger partial charge in [0.05, 0.1) is 0 Å². The zero-order valence-electron chi connectivity index (χ0n) is 10.9. The number of rotatable bonds is 3. The molecule has 0 heterocycles. The van der Waals surface area contributed by atoms with Crippen LogP contribution in [0.1, 0.15) is 22.6 Å². The number of carboxylic acid groups (broad SMARTS) is 1. The smallest absolute Gasteiger partial charge is 0.332 e. The molecule has 0 aliphatic heterocycles. The number of carbonyl (C=O) groups is 1. The first-order valence-electron chi connectivity index (χ1n) is 6.53. The second kappa shape index (κ2) is 5.17. The Morgan fingerprint density at radius 3 is 2.45 bits per heavy atom. The highest BCUT2D eigenvalue weighted by molar-refractivity contribution is 5.95. The zero-order chi connectivity index (χ0) is 13.9. The lowest BCUT2D eigenvalue weighted by molar-refractivity contribution is -0.132. The normalized spacial score (nSPS) is 17.0. The molecule has 0 radical (unpaired) electrons. The van der Waals surface area contributed by atoms with Crippen molar-refractivity contribution in [1.82, 2.24) is 0 Å². The molecule has 98 valence electrons. The Balaban J connectivity index is 2.04. The molecule has 2 nitrogen and oxygen atoms in total. The SMILES string of the molecule is O=C(O)/C(=C/c1ccccc1)C1C=Cc2ccccc21. The maximum absolute atomic E-state index is 11.6.